The molecule has 3 nitrogen and oxygen atoms in total. The Morgan fingerprint density at radius 2 is 1.80 bits per heavy atom. The number of ether oxygens (including phenoxy) is 1. The van der Waals surface area contributed by atoms with E-state index in [1.165, 1.54) is 12.8 Å². The third-order valence-electron chi connectivity index (χ3n) is 1.96. The van der Waals surface area contributed by atoms with Gasteiger partial charge in [-0.15, -0.1) is 0 Å². The molecule has 0 saturated carbocycles. The highest BCUT2D eigenvalue weighted by molar-refractivity contribution is 4.51. The van der Waals surface area contributed by atoms with Crippen LogP contribution in [0.3, 0.4) is 0 Å². The molecule has 0 aromatic heterocycles. The zero-order valence-corrected chi connectivity index (χ0v) is 11.3. The fourth-order valence-corrected chi connectivity index (χ4v) is 1.36. The first-order valence-corrected chi connectivity index (χ1v) is 5.52. The monoisotopic (exact) mass is 239 g/mol. The molecule has 0 aliphatic heterocycles. The maximum Gasteiger partial charge on any atom is 0.126 e. The molecular formula is C11H26ClNO2. The molecule has 15 heavy (non-hydrogen) atoms. The fraction of sp³-hybridized carbons (Fsp3) is 1.00. The van der Waals surface area contributed by atoms with E-state index in [9.17, 15) is 5.11 Å². The van der Waals surface area contributed by atoms with Crippen molar-refractivity contribution in [3.63, 3.8) is 0 Å². The van der Waals surface area contributed by atoms with Gasteiger partial charge in [0.05, 0.1) is 27.7 Å². The number of hydrogen-bond acceptors (Lipinski definition) is 2. The Hall–Kier alpha value is 0.170. The maximum atomic E-state index is 9.60. The summed E-state index contributed by atoms with van der Waals surface area (Å²) in [6.07, 6.45) is 3.20. The van der Waals surface area contributed by atoms with Gasteiger partial charge in [0, 0.05) is 6.61 Å². The van der Waals surface area contributed by atoms with Crippen LogP contribution in [0.5, 0.6) is 0 Å². The lowest BCUT2D eigenvalue weighted by Gasteiger charge is -2.26. The molecule has 94 valence electrons. The molecule has 0 aliphatic carbocycles. The molecule has 0 saturated heterocycles. The smallest absolute Gasteiger partial charge is 0.126 e. The van der Waals surface area contributed by atoms with E-state index >= 15 is 0 Å². The van der Waals surface area contributed by atoms with E-state index in [2.05, 4.69) is 28.1 Å². The van der Waals surface area contributed by atoms with E-state index in [1.807, 2.05) is 0 Å². The number of likely N-dealkylation sites (N-methyl/N-ethyl adjacent to an activating group) is 1. The van der Waals surface area contributed by atoms with Crippen LogP contribution in [0.25, 0.3) is 0 Å². The predicted molar refractivity (Wildman–Crippen MR) is 59.3 cm³/mol. The van der Waals surface area contributed by atoms with Crippen LogP contribution in [0.2, 0.25) is 0 Å². The van der Waals surface area contributed by atoms with Gasteiger partial charge in [0.2, 0.25) is 0 Å². The van der Waals surface area contributed by atoms with Gasteiger partial charge in [0.25, 0.3) is 0 Å². The Labute approximate surface area is 100 Å². The van der Waals surface area contributed by atoms with Gasteiger partial charge in [-0.25, -0.2) is 0 Å². The topological polar surface area (TPSA) is 29.5 Å². The molecule has 1 atom stereocenters. The Morgan fingerprint density at radius 3 is 2.27 bits per heavy atom. The lowest BCUT2D eigenvalue weighted by molar-refractivity contribution is -0.873. The normalized spacial score (nSPS) is 13.4. The molecule has 0 amide bonds. The van der Waals surface area contributed by atoms with E-state index in [-0.39, 0.29) is 18.5 Å². The van der Waals surface area contributed by atoms with E-state index in [0.29, 0.717) is 6.61 Å². The third-order valence-corrected chi connectivity index (χ3v) is 1.96. The summed E-state index contributed by atoms with van der Waals surface area (Å²) in [7, 11) is 6.21. The van der Waals surface area contributed by atoms with Crippen molar-refractivity contribution < 1.29 is 26.7 Å². The van der Waals surface area contributed by atoms with Crippen molar-refractivity contribution in [1.29, 1.82) is 0 Å². The van der Waals surface area contributed by atoms with Crippen LogP contribution in [-0.2, 0) is 4.74 Å². The van der Waals surface area contributed by atoms with Gasteiger partial charge in [-0.1, -0.05) is 19.8 Å². The van der Waals surface area contributed by atoms with Gasteiger partial charge in [0.1, 0.15) is 12.6 Å². The van der Waals surface area contributed by atoms with Gasteiger partial charge in [-0.05, 0) is 6.42 Å². The Balaban J connectivity index is 0. The minimum absolute atomic E-state index is 0. The number of aliphatic hydroxyl groups excluding tert-OH is 1. The van der Waals surface area contributed by atoms with Crippen LogP contribution in [0.15, 0.2) is 0 Å². The molecule has 0 radical (unpaired) electrons. The molecule has 0 rings (SSSR count). The number of quaternary nitrogens is 1. The van der Waals surface area contributed by atoms with E-state index in [4.69, 9.17) is 4.74 Å². The van der Waals surface area contributed by atoms with Crippen molar-refractivity contribution in [2.75, 3.05) is 40.9 Å². The van der Waals surface area contributed by atoms with Gasteiger partial charge in [0.15, 0.2) is 0 Å². The lowest BCUT2D eigenvalue weighted by atomic mass is 10.3. The zero-order valence-electron chi connectivity index (χ0n) is 10.5. The fourth-order valence-electron chi connectivity index (χ4n) is 1.36. The minimum Gasteiger partial charge on any atom is -1.00 e. The van der Waals surface area contributed by atoms with Crippen molar-refractivity contribution in [2.24, 2.45) is 0 Å². The second kappa shape index (κ2) is 9.40. The molecule has 0 aromatic rings. The van der Waals surface area contributed by atoms with Crippen molar-refractivity contribution in [3.8, 4) is 0 Å². The summed E-state index contributed by atoms with van der Waals surface area (Å²) in [5.74, 6) is 0. The first-order valence-electron chi connectivity index (χ1n) is 5.52. The van der Waals surface area contributed by atoms with E-state index < -0.39 is 0 Å². The van der Waals surface area contributed by atoms with Gasteiger partial charge < -0.3 is 26.7 Å². The van der Waals surface area contributed by atoms with Crippen molar-refractivity contribution >= 4 is 0 Å². The molecular weight excluding hydrogens is 214 g/mol. The average Bonchev–Trinajstić information content (AvgIpc) is 2.00. The summed E-state index contributed by atoms with van der Waals surface area (Å²) < 4.78 is 6.16. The lowest BCUT2D eigenvalue weighted by Crippen LogP contribution is -3.00. The summed E-state index contributed by atoms with van der Waals surface area (Å²) in [5.41, 5.74) is 0. The Kier molecular flexibility index (Phi) is 11.0. The maximum absolute atomic E-state index is 9.60. The first-order chi connectivity index (χ1) is 6.45. The quantitative estimate of drug-likeness (QED) is 0.403. The average molecular weight is 240 g/mol. The summed E-state index contributed by atoms with van der Waals surface area (Å²) in [4.78, 5) is 0. The van der Waals surface area contributed by atoms with Crippen LogP contribution in [0.4, 0.5) is 0 Å². The standard InChI is InChI=1S/C11H26NO2.ClH/c1-5-6-7-8-14-10-11(13)9-12(2,3)4;/h11,13H,5-10H2,1-4H3;1H/q+1;/p-1. The molecule has 4 heteroatoms. The van der Waals surface area contributed by atoms with E-state index in [1.54, 1.807) is 0 Å². The molecule has 0 spiro atoms. The summed E-state index contributed by atoms with van der Waals surface area (Å²) in [5, 5.41) is 9.60. The molecule has 0 bridgehead atoms. The zero-order chi connectivity index (χ0) is 11.0. The van der Waals surface area contributed by atoms with Crippen LogP contribution in [-0.4, -0.2) is 56.6 Å². The molecule has 0 heterocycles. The minimum atomic E-state index is -0.336. The summed E-state index contributed by atoms with van der Waals surface area (Å²) in [6.45, 7) is 4.17. The van der Waals surface area contributed by atoms with Crippen LogP contribution in [0.1, 0.15) is 26.2 Å². The predicted octanol–water partition coefficient (Wildman–Crippen LogP) is -1.74. The number of halogens is 1. The SMILES string of the molecule is CCCCCOCC(O)C[N+](C)(C)C.[Cl-]. The first kappa shape index (κ1) is 17.6. The van der Waals surface area contributed by atoms with Crippen molar-refractivity contribution in [2.45, 2.75) is 32.3 Å². The number of rotatable bonds is 8. The third kappa shape index (κ3) is 14.2. The number of aliphatic hydroxyl groups is 1. The Bertz CT molecular complexity index is 137. The Morgan fingerprint density at radius 1 is 1.20 bits per heavy atom. The van der Waals surface area contributed by atoms with Crippen molar-refractivity contribution in [1.82, 2.24) is 0 Å². The highest BCUT2D eigenvalue weighted by atomic mass is 35.5. The molecule has 1 N–H and O–H groups in total. The highest BCUT2D eigenvalue weighted by Gasteiger charge is 2.14. The summed E-state index contributed by atoms with van der Waals surface area (Å²) >= 11 is 0. The van der Waals surface area contributed by atoms with Crippen LogP contribution >= 0.6 is 0 Å². The van der Waals surface area contributed by atoms with Crippen molar-refractivity contribution in [3.05, 3.63) is 0 Å². The van der Waals surface area contributed by atoms with Gasteiger partial charge in [-0.2, -0.15) is 0 Å². The second-order valence-electron chi connectivity index (χ2n) is 4.91. The molecule has 0 aliphatic rings. The van der Waals surface area contributed by atoms with Gasteiger partial charge in [-0.3, -0.25) is 0 Å². The highest BCUT2D eigenvalue weighted by Crippen LogP contribution is 1.98. The van der Waals surface area contributed by atoms with E-state index in [0.717, 1.165) is 24.1 Å². The number of unbranched alkanes of at least 4 members (excludes halogenated alkanes) is 2. The molecule has 1 unspecified atom stereocenters. The molecule has 0 aromatic carbocycles. The van der Waals surface area contributed by atoms with Crippen LogP contribution < -0.4 is 12.4 Å². The second-order valence-corrected chi connectivity index (χ2v) is 4.91. The number of hydrogen-bond donors (Lipinski definition) is 1. The largest absolute Gasteiger partial charge is 1.00 e. The van der Waals surface area contributed by atoms with Gasteiger partial charge >= 0.3 is 0 Å². The molecule has 0 fully saturated rings. The summed E-state index contributed by atoms with van der Waals surface area (Å²) in [6, 6.07) is 0. The van der Waals surface area contributed by atoms with Crippen LogP contribution in [0, 0.1) is 0 Å². The number of nitrogens with zero attached hydrogens (tertiary/aromatic N) is 1.